The summed E-state index contributed by atoms with van der Waals surface area (Å²) in [5.41, 5.74) is 0. The van der Waals surface area contributed by atoms with Gasteiger partial charge >= 0.3 is 0 Å². The lowest BCUT2D eigenvalue weighted by Gasteiger charge is -2.39. The van der Waals surface area contributed by atoms with Crippen LogP contribution in [0.4, 0.5) is 0 Å². The first-order valence-electron chi connectivity index (χ1n) is 7.69. The van der Waals surface area contributed by atoms with Crippen LogP contribution in [-0.4, -0.2) is 61.2 Å². The van der Waals surface area contributed by atoms with Crippen molar-refractivity contribution in [2.45, 2.75) is 53.1 Å². The fourth-order valence-electron chi connectivity index (χ4n) is 2.58. The lowest BCUT2D eigenvalue weighted by Crippen LogP contribution is -2.51. The largest absolute Gasteiger partial charge is 0.316 e. The van der Waals surface area contributed by atoms with Crippen LogP contribution in [0.25, 0.3) is 0 Å². The van der Waals surface area contributed by atoms with Gasteiger partial charge in [-0.25, -0.2) is 0 Å². The van der Waals surface area contributed by atoms with Gasteiger partial charge in [0.05, 0.1) is 0 Å². The van der Waals surface area contributed by atoms with Gasteiger partial charge in [-0.15, -0.1) is 0 Å². The van der Waals surface area contributed by atoms with Crippen molar-refractivity contribution in [3.05, 3.63) is 0 Å². The zero-order chi connectivity index (χ0) is 13.5. The number of rotatable bonds is 7. The first-order valence-corrected chi connectivity index (χ1v) is 7.69. The monoisotopic (exact) mass is 255 g/mol. The lowest BCUT2D eigenvalue weighted by atomic mass is 10.1. The molecule has 1 fully saturated rings. The van der Waals surface area contributed by atoms with Crippen molar-refractivity contribution in [1.29, 1.82) is 0 Å². The Labute approximate surface area is 114 Å². The molecule has 1 heterocycles. The Balaban J connectivity index is 2.14. The van der Waals surface area contributed by atoms with Gasteiger partial charge in [-0.2, -0.15) is 0 Å². The van der Waals surface area contributed by atoms with E-state index in [1.165, 1.54) is 32.6 Å². The predicted octanol–water partition coefficient (Wildman–Crippen LogP) is 2.04. The molecule has 1 aliphatic heterocycles. The van der Waals surface area contributed by atoms with Crippen molar-refractivity contribution < 1.29 is 0 Å². The molecular weight excluding hydrogens is 222 g/mol. The third-order valence-electron chi connectivity index (χ3n) is 3.99. The molecule has 0 bridgehead atoms. The first kappa shape index (κ1) is 15.9. The van der Waals surface area contributed by atoms with Gasteiger partial charge in [0, 0.05) is 38.3 Å². The smallest absolute Gasteiger partial charge is 0.0113 e. The molecule has 0 amide bonds. The molecule has 0 spiro atoms. The van der Waals surface area contributed by atoms with E-state index in [-0.39, 0.29) is 0 Å². The van der Waals surface area contributed by atoms with E-state index in [0.717, 1.165) is 25.0 Å². The zero-order valence-corrected chi connectivity index (χ0v) is 13.1. The minimum atomic E-state index is 0.704. The highest BCUT2D eigenvalue weighted by atomic mass is 15.3. The first-order chi connectivity index (χ1) is 8.50. The Kier molecular flexibility index (Phi) is 7.20. The Hall–Kier alpha value is -0.120. The highest BCUT2D eigenvalue weighted by molar-refractivity contribution is 4.78. The van der Waals surface area contributed by atoms with E-state index in [0.29, 0.717) is 6.04 Å². The lowest BCUT2D eigenvalue weighted by molar-refractivity contribution is 0.0807. The van der Waals surface area contributed by atoms with Crippen molar-refractivity contribution in [1.82, 2.24) is 15.1 Å². The van der Waals surface area contributed by atoms with E-state index in [1.54, 1.807) is 0 Å². The van der Waals surface area contributed by atoms with Gasteiger partial charge in [0.2, 0.25) is 0 Å². The van der Waals surface area contributed by atoms with Crippen LogP contribution >= 0.6 is 0 Å². The van der Waals surface area contributed by atoms with E-state index in [9.17, 15) is 0 Å². The molecule has 0 aliphatic carbocycles. The summed E-state index contributed by atoms with van der Waals surface area (Å²) in [6, 6.07) is 1.43. The number of nitrogens with zero attached hydrogens (tertiary/aromatic N) is 2. The third-order valence-corrected chi connectivity index (χ3v) is 3.99. The summed E-state index contributed by atoms with van der Waals surface area (Å²) in [5.74, 6) is 0.759. The van der Waals surface area contributed by atoms with Crippen LogP contribution in [0.15, 0.2) is 0 Å². The normalized spacial score (nSPS) is 20.8. The summed E-state index contributed by atoms with van der Waals surface area (Å²) in [6.45, 7) is 18.8. The molecule has 18 heavy (non-hydrogen) atoms. The molecule has 1 atom stereocenters. The van der Waals surface area contributed by atoms with Crippen LogP contribution in [0.3, 0.4) is 0 Å². The maximum atomic E-state index is 3.54. The summed E-state index contributed by atoms with van der Waals surface area (Å²) < 4.78 is 0. The van der Waals surface area contributed by atoms with Gasteiger partial charge in [-0.3, -0.25) is 9.80 Å². The van der Waals surface area contributed by atoms with Gasteiger partial charge in [0.25, 0.3) is 0 Å². The van der Waals surface area contributed by atoms with E-state index < -0.39 is 0 Å². The van der Waals surface area contributed by atoms with Crippen molar-refractivity contribution in [2.75, 3.05) is 39.3 Å². The van der Waals surface area contributed by atoms with Gasteiger partial charge in [0.1, 0.15) is 0 Å². The second-order valence-electron chi connectivity index (χ2n) is 6.40. The Morgan fingerprint density at radius 2 is 1.44 bits per heavy atom. The van der Waals surface area contributed by atoms with Crippen molar-refractivity contribution in [3.63, 3.8) is 0 Å². The van der Waals surface area contributed by atoms with E-state index in [1.807, 2.05) is 0 Å². The minimum Gasteiger partial charge on any atom is -0.316 e. The summed E-state index contributed by atoms with van der Waals surface area (Å²) >= 11 is 0. The summed E-state index contributed by atoms with van der Waals surface area (Å²) in [4.78, 5) is 5.23. The molecule has 3 heteroatoms. The van der Waals surface area contributed by atoms with Gasteiger partial charge in [-0.1, -0.05) is 13.8 Å². The van der Waals surface area contributed by atoms with Crippen LogP contribution in [0.1, 0.15) is 41.0 Å². The Morgan fingerprint density at radius 1 is 0.889 bits per heavy atom. The second kappa shape index (κ2) is 8.13. The molecule has 0 saturated carbocycles. The van der Waals surface area contributed by atoms with E-state index in [4.69, 9.17) is 0 Å². The number of nitrogens with one attached hydrogen (secondary N) is 1. The molecule has 108 valence electrons. The van der Waals surface area contributed by atoms with Gasteiger partial charge in [-0.05, 0) is 46.2 Å². The molecule has 1 unspecified atom stereocenters. The topological polar surface area (TPSA) is 18.5 Å². The van der Waals surface area contributed by atoms with Crippen LogP contribution in [0, 0.1) is 5.92 Å². The van der Waals surface area contributed by atoms with Crippen LogP contribution in [0.5, 0.6) is 0 Å². The number of piperazine rings is 1. The fourth-order valence-corrected chi connectivity index (χ4v) is 2.58. The zero-order valence-electron chi connectivity index (χ0n) is 13.1. The highest BCUT2D eigenvalue weighted by Crippen LogP contribution is 2.10. The molecule has 0 radical (unpaired) electrons. The van der Waals surface area contributed by atoms with Gasteiger partial charge in [0.15, 0.2) is 0 Å². The molecule has 0 aromatic heterocycles. The van der Waals surface area contributed by atoms with Crippen LogP contribution in [-0.2, 0) is 0 Å². The Bertz CT molecular complexity index is 208. The van der Waals surface area contributed by atoms with Crippen LogP contribution < -0.4 is 5.32 Å². The molecule has 0 aromatic rings. The van der Waals surface area contributed by atoms with Crippen molar-refractivity contribution >= 4 is 0 Å². The van der Waals surface area contributed by atoms with Crippen molar-refractivity contribution in [3.8, 4) is 0 Å². The minimum absolute atomic E-state index is 0.704. The summed E-state index contributed by atoms with van der Waals surface area (Å²) in [6.07, 6.45) is 1.27. The number of hydrogen-bond donors (Lipinski definition) is 1. The molecule has 1 rings (SSSR count). The standard InChI is InChI=1S/C15H33N3/c1-13(2)12-16-7-6-15(5)18-10-8-17(9-11-18)14(3)4/h13-16H,6-12H2,1-5H3. The fraction of sp³-hybridized carbons (Fsp3) is 1.00. The van der Waals surface area contributed by atoms with Gasteiger partial charge < -0.3 is 5.32 Å². The molecular formula is C15H33N3. The van der Waals surface area contributed by atoms with E-state index in [2.05, 4.69) is 49.7 Å². The maximum Gasteiger partial charge on any atom is 0.0113 e. The highest BCUT2D eigenvalue weighted by Gasteiger charge is 2.21. The predicted molar refractivity (Wildman–Crippen MR) is 80.1 cm³/mol. The molecule has 1 saturated heterocycles. The molecule has 1 N–H and O–H groups in total. The summed E-state index contributed by atoms with van der Waals surface area (Å²) in [5, 5.41) is 3.54. The second-order valence-corrected chi connectivity index (χ2v) is 6.40. The van der Waals surface area contributed by atoms with Crippen molar-refractivity contribution in [2.24, 2.45) is 5.92 Å². The molecule has 1 aliphatic rings. The average Bonchev–Trinajstić information content (AvgIpc) is 2.34. The third kappa shape index (κ3) is 5.68. The average molecular weight is 255 g/mol. The quantitative estimate of drug-likeness (QED) is 0.702. The SMILES string of the molecule is CC(C)CNCCC(C)N1CCN(C(C)C)CC1. The van der Waals surface area contributed by atoms with Crippen LogP contribution in [0.2, 0.25) is 0 Å². The van der Waals surface area contributed by atoms with E-state index >= 15 is 0 Å². The molecule has 0 aromatic carbocycles. The maximum absolute atomic E-state index is 3.54. The summed E-state index contributed by atoms with van der Waals surface area (Å²) in [7, 11) is 0. The number of hydrogen-bond acceptors (Lipinski definition) is 3. The Morgan fingerprint density at radius 3 is 1.94 bits per heavy atom. The molecule has 3 nitrogen and oxygen atoms in total.